The molecule has 0 aliphatic carbocycles. The Morgan fingerprint density at radius 3 is 2.84 bits per heavy atom. The van der Waals surface area contributed by atoms with Crippen LogP contribution in [0.5, 0.6) is 0 Å². The first-order valence-electron chi connectivity index (χ1n) is 6.01. The van der Waals surface area contributed by atoms with Gasteiger partial charge in [0.05, 0.1) is 0 Å². The Morgan fingerprint density at radius 2 is 2.16 bits per heavy atom. The molecule has 2 aromatic rings. The molecule has 4 N–H and O–H groups in total. The average molecular weight is 276 g/mol. The van der Waals surface area contributed by atoms with Crippen LogP contribution in [-0.2, 0) is 4.79 Å². The van der Waals surface area contributed by atoms with E-state index in [2.05, 4.69) is 15.3 Å². The molecule has 0 aliphatic rings. The smallest absolute Gasteiger partial charge is 0.224 e. The summed E-state index contributed by atoms with van der Waals surface area (Å²) in [6, 6.07) is 7.13. The van der Waals surface area contributed by atoms with Gasteiger partial charge in [0.25, 0.3) is 0 Å². The molecule has 1 aromatic heterocycles. The Kier molecular flexibility index (Phi) is 4.85. The van der Waals surface area contributed by atoms with E-state index in [1.54, 1.807) is 48.4 Å². The van der Waals surface area contributed by atoms with Crippen molar-refractivity contribution in [1.29, 1.82) is 0 Å². The molecular weight excluding hydrogens is 260 g/mol. The number of benzene rings is 1. The molecule has 0 fully saturated rings. The number of thioether (sulfide) groups is 1. The number of nitrogens with zero attached hydrogens (tertiary/aromatic N) is 1. The predicted molar refractivity (Wildman–Crippen MR) is 78.0 cm³/mol. The van der Waals surface area contributed by atoms with Gasteiger partial charge in [-0.2, -0.15) is 0 Å². The number of aromatic amines is 1. The number of carbonyl (C=O) groups is 1. The molecule has 1 heterocycles. The lowest BCUT2D eigenvalue weighted by atomic mass is 10.2. The zero-order valence-electron chi connectivity index (χ0n) is 10.4. The minimum atomic E-state index is 0.0183. The van der Waals surface area contributed by atoms with Gasteiger partial charge >= 0.3 is 0 Å². The molecule has 5 nitrogen and oxygen atoms in total. The summed E-state index contributed by atoms with van der Waals surface area (Å²) >= 11 is 1.61. The van der Waals surface area contributed by atoms with Crippen molar-refractivity contribution in [2.24, 2.45) is 0 Å². The fourth-order valence-electron chi connectivity index (χ4n) is 1.52. The number of nitrogen functional groups attached to an aromatic ring is 1. The summed E-state index contributed by atoms with van der Waals surface area (Å²) in [5.74, 6) is 0.882. The van der Waals surface area contributed by atoms with Crippen LogP contribution in [0.25, 0.3) is 0 Å². The first-order chi connectivity index (χ1) is 9.24. The molecule has 100 valence electrons. The van der Waals surface area contributed by atoms with Crippen LogP contribution >= 0.6 is 11.8 Å². The molecule has 6 heteroatoms. The molecular formula is C13H16N4OS. The van der Waals surface area contributed by atoms with E-state index in [0.29, 0.717) is 12.1 Å². The van der Waals surface area contributed by atoms with Crippen molar-refractivity contribution in [2.45, 2.75) is 18.0 Å². The first kappa shape index (κ1) is 13.5. The van der Waals surface area contributed by atoms with Crippen molar-refractivity contribution in [3.05, 3.63) is 36.7 Å². The second-order valence-electron chi connectivity index (χ2n) is 4.02. The maximum Gasteiger partial charge on any atom is 0.224 e. The molecule has 0 saturated carbocycles. The summed E-state index contributed by atoms with van der Waals surface area (Å²) in [6.45, 7) is 0. The zero-order valence-corrected chi connectivity index (χ0v) is 11.2. The molecule has 1 aromatic carbocycles. The molecule has 2 rings (SSSR count). The molecule has 0 unspecified atom stereocenters. The lowest BCUT2D eigenvalue weighted by molar-refractivity contribution is -0.116. The third kappa shape index (κ3) is 4.67. The van der Waals surface area contributed by atoms with E-state index in [4.69, 9.17) is 5.73 Å². The van der Waals surface area contributed by atoms with Gasteiger partial charge in [-0.25, -0.2) is 4.98 Å². The molecule has 0 atom stereocenters. The number of hydrogen-bond acceptors (Lipinski definition) is 4. The lowest BCUT2D eigenvalue weighted by Crippen LogP contribution is -2.11. The van der Waals surface area contributed by atoms with Gasteiger partial charge in [0.1, 0.15) is 0 Å². The minimum absolute atomic E-state index is 0.0183. The summed E-state index contributed by atoms with van der Waals surface area (Å²) in [7, 11) is 0. The second-order valence-corrected chi connectivity index (χ2v) is 5.10. The second kappa shape index (κ2) is 6.84. The standard InChI is InChI=1S/C13H16N4OS/c14-10-3-5-11(6-4-10)17-12(18)2-1-9-19-13-15-7-8-16-13/h3-8H,1-2,9,14H2,(H,15,16)(H,17,18). The predicted octanol–water partition coefficient (Wildman–Crippen LogP) is 2.50. The van der Waals surface area contributed by atoms with E-state index in [0.717, 1.165) is 23.0 Å². The van der Waals surface area contributed by atoms with Crippen LogP contribution in [0.3, 0.4) is 0 Å². The summed E-state index contributed by atoms with van der Waals surface area (Å²) in [5.41, 5.74) is 7.04. The average Bonchev–Trinajstić information content (AvgIpc) is 2.91. The van der Waals surface area contributed by atoms with Gasteiger partial charge in [-0.15, -0.1) is 0 Å². The molecule has 1 amide bonds. The van der Waals surface area contributed by atoms with E-state index in [1.165, 1.54) is 0 Å². The van der Waals surface area contributed by atoms with Gasteiger partial charge in [0, 0.05) is 35.9 Å². The maximum atomic E-state index is 11.7. The van der Waals surface area contributed by atoms with Gasteiger partial charge in [-0.1, -0.05) is 11.8 Å². The Hall–Kier alpha value is -1.95. The number of amides is 1. The van der Waals surface area contributed by atoms with Gasteiger partial charge in [0.2, 0.25) is 5.91 Å². The first-order valence-corrected chi connectivity index (χ1v) is 7.00. The molecule has 0 spiro atoms. The number of rotatable bonds is 6. The van der Waals surface area contributed by atoms with E-state index in [9.17, 15) is 4.79 Å². The molecule has 0 saturated heterocycles. The number of nitrogens with one attached hydrogen (secondary N) is 2. The van der Waals surface area contributed by atoms with E-state index in [1.807, 2.05) is 0 Å². The van der Waals surface area contributed by atoms with E-state index < -0.39 is 0 Å². The Labute approximate surface area is 116 Å². The van der Waals surface area contributed by atoms with Gasteiger partial charge in [0.15, 0.2) is 5.16 Å². The molecule has 0 bridgehead atoms. The molecule has 0 aliphatic heterocycles. The summed E-state index contributed by atoms with van der Waals surface area (Å²) in [4.78, 5) is 18.8. The van der Waals surface area contributed by atoms with Crippen LogP contribution in [-0.4, -0.2) is 21.6 Å². The summed E-state index contributed by atoms with van der Waals surface area (Å²) in [5, 5.41) is 3.72. The topological polar surface area (TPSA) is 83.8 Å². The van der Waals surface area contributed by atoms with Gasteiger partial charge in [-0.05, 0) is 30.7 Å². The van der Waals surface area contributed by atoms with Crippen LogP contribution < -0.4 is 11.1 Å². The number of hydrogen-bond donors (Lipinski definition) is 3. The highest BCUT2D eigenvalue weighted by Gasteiger charge is 2.03. The number of H-pyrrole nitrogens is 1. The highest BCUT2D eigenvalue weighted by molar-refractivity contribution is 7.99. The van der Waals surface area contributed by atoms with E-state index >= 15 is 0 Å². The Bertz CT molecular complexity index is 510. The lowest BCUT2D eigenvalue weighted by Gasteiger charge is -2.05. The van der Waals surface area contributed by atoms with Crippen LogP contribution in [0.2, 0.25) is 0 Å². The monoisotopic (exact) mass is 276 g/mol. The van der Waals surface area contributed by atoms with Crippen LogP contribution in [0.4, 0.5) is 11.4 Å². The Morgan fingerprint density at radius 1 is 1.37 bits per heavy atom. The Balaban J connectivity index is 1.65. The molecule has 19 heavy (non-hydrogen) atoms. The number of imidazole rings is 1. The van der Waals surface area contributed by atoms with Crippen molar-refractivity contribution >= 4 is 29.0 Å². The third-order valence-electron chi connectivity index (χ3n) is 2.45. The minimum Gasteiger partial charge on any atom is -0.399 e. The van der Waals surface area contributed by atoms with E-state index in [-0.39, 0.29) is 5.91 Å². The number of carbonyl (C=O) groups excluding carboxylic acids is 1. The maximum absolute atomic E-state index is 11.7. The number of nitrogens with two attached hydrogens (primary N) is 1. The normalized spacial score (nSPS) is 10.3. The summed E-state index contributed by atoms with van der Waals surface area (Å²) < 4.78 is 0. The van der Waals surface area contributed by atoms with Crippen molar-refractivity contribution in [1.82, 2.24) is 9.97 Å². The van der Waals surface area contributed by atoms with Crippen LogP contribution in [0.1, 0.15) is 12.8 Å². The molecule has 0 radical (unpaired) electrons. The van der Waals surface area contributed by atoms with Crippen molar-refractivity contribution in [3.63, 3.8) is 0 Å². The van der Waals surface area contributed by atoms with Gasteiger partial charge < -0.3 is 16.0 Å². The van der Waals surface area contributed by atoms with Gasteiger partial charge in [-0.3, -0.25) is 4.79 Å². The highest BCUT2D eigenvalue weighted by Crippen LogP contribution is 2.15. The SMILES string of the molecule is Nc1ccc(NC(=O)CCCSc2ncc[nH]2)cc1. The fraction of sp³-hybridized carbons (Fsp3) is 0.231. The van der Waals surface area contributed by atoms with Crippen molar-refractivity contribution in [2.75, 3.05) is 16.8 Å². The number of anilines is 2. The quantitative estimate of drug-likeness (QED) is 0.430. The van der Waals surface area contributed by atoms with Crippen molar-refractivity contribution in [3.8, 4) is 0 Å². The highest BCUT2D eigenvalue weighted by atomic mass is 32.2. The van der Waals surface area contributed by atoms with Crippen molar-refractivity contribution < 1.29 is 4.79 Å². The zero-order chi connectivity index (χ0) is 13.5. The fourth-order valence-corrected chi connectivity index (χ4v) is 2.29. The third-order valence-corrected chi connectivity index (χ3v) is 3.44. The van der Waals surface area contributed by atoms with Crippen LogP contribution in [0, 0.1) is 0 Å². The summed E-state index contributed by atoms with van der Waals surface area (Å²) in [6.07, 6.45) is 4.82. The largest absolute Gasteiger partial charge is 0.399 e. The van der Waals surface area contributed by atoms with Crippen LogP contribution in [0.15, 0.2) is 41.8 Å². The number of aromatic nitrogens is 2.